The van der Waals surface area contributed by atoms with Crippen LogP contribution in [0.15, 0.2) is 36.5 Å². The van der Waals surface area contributed by atoms with Crippen molar-refractivity contribution in [2.45, 2.75) is 51.6 Å². The first-order valence-corrected chi connectivity index (χ1v) is 13.4. The first-order chi connectivity index (χ1) is 17.0. The Morgan fingerprint density at radius 2 is 1.97 bits per heavy atom. The van der Waals surface area contributed by atoms with Gasteiger partial charge in [0.2, 0.25) is 5.91 Å². The van der Waals surface area contributed by atoms with Gasteiger partial charge in [0, 0.05) is 47.3 Å². The van der Waals surface area contributed by atoms with E-state index >= 15 is 0 Å². The molecule has 2 atom stereocenters. The van der Waals surface area contributed by atoms with Gasteiger partial charge in [0.15, 0.2) is 0 Å². The number of nitrogens with one attached hydrogen (secondary N) is 1. The largest absolute Gasteiger partial charge is 0.368 e. The van der Waals surface area contributed by atoms with Crippen molar-refractivity contribution in [3.8, 4) is 0 Å². The second kappa shape index (κ2) is 10.4. The Bertz CT molecular complexity index is 1210. The first-order valence-electron chi connectivity index (χ1n) is 12.7. The second-order valence-corrected chi connectivity index (χ2v) is 10.5. The summed E-state index contributed by atoms with van der Waals surface area (Å²) in [4.78, 5) is 17.3. The van der Waals surface area contributed by atoms with Crippen molar-refractivity contribution in [3.05, 3.63) is 57.7 Å². The monoisotopic (exact) mass is 513 g/mol. The van der Waals surface area contributed by atoms with Crippen LogP contribution in [-0.2, 0) is 11.2 Å². The Morgan fingerprint density at radius 1 is 1.17 bits per heavy atom. The lowest BCUT2D eigenvalue weighted by molar-refractivity contribution is -0.133. The molecule has 0 aliphatic carbocycles. The van der Waals surface area contributed by atoms with Crippen LogP contribution in [0.1, 0.15) is 50.3 Å². The summed E-state index contributed by atoms with van der Waals surface area (Å²) in [6.45, 7) is 8.48. The predicted molar refractivity (Wildman–Crippen MR) is 144 cm³/mol. The maximum Gasteiger partial charge on any atom is 0.239 e. The van der Waals surface area contributed by atoms with Crippen molar-refractivity contribution in [2.75, 3.05) is 37.6 Å². The molecule has 2 fully saturated rings. The molecule has 5 rings (SSSR count). The highest BCUT2D eigenvalue weighted by Crippen LogP contribution is 2.34. The van der Waals surface area contributed by atoms with E-state index in [4.69, 9.17) is 28.3 Å². The van der Waals surface area contributed by atoms with Crippen molar-refractivity contribution in [3.63, 3.8) is 0 Å². The van der Waals surface area contributed by atoms with Gasteiger partial charge in [-0.15, -0.1) is 0 Å². The van der Waals surface area contributed by atoms with Crippen LogP contribution in [-0.4, -0.2) is 59.4 Å². The van der Waals surface area contributed by atoms with E-state index in [-0.39, 0.29) is 18.0 Å². The molecule has 0 spiro atoms. The third-order valence-corrected chi connectivity index (χ3v) is 7.95. The lowest BCUT2D eigenvalue weighted by atomic mass is 10.0. The molecule has 8 heteroatoms. The van der Waals surface area contributed by atoms with E-state index in [0.29, 0.717) is 10.0 Å². The summed E-state index contributed by atoms with van der Waals surface area (Å²) < 4.78 is 2.05. The second-order valence-electron chi connectivity index (χ2n) is 9.68. The van der Waals surface area contributed by atoms with Crippen molar-refractivity contribution in [2.24, 2.45) is 0 Å². The third kappa shape index (κ3) is 4.89. The smallest absolute Gasteiger partial charge is 0.239 e. The van der Waals surface area contributed by atoms with E-state index in [1.165, 1.54) is 11.3 Å². The molecule has 2 aliphatic heterocycles. The van der Waals surface area contributed by atoms with Gasteiger partial charge in [0.25, 0.3) is 0 Å². The van der Waals surface area contributed by atoms with Crippen molar-refractivity contribution in [1.82, 2.24) is 20.0 Å². The maximum absolute atomic E-state index is 12.9. The third-order valence-electron chi connectivity index (χ3n) is 7.39. The van der Waals surface area contributed by atoms with Gasteiger partial charge in [-0.05, 0) is 68.1 Å². The Labute approximate surface area is 217 Å². The van der Waals surface area contributed by atoms with Crippen LogP contribution < -0.4 is 10.2 Å². The number of rotatable bonds is 6. The normalized spacial score (nSPS) is 19.5. The predicted octanol–water partition coefficient (Wildman–Crippen LogP) is 5.31. The van der Waals surface area contributed by atoms with E-state index in [1.807, 2.05) is 23.2 Å². The summed E-state index contributed by atoms with van der Waals surface area (Å²) in [5, 5.41) is 10.5. The number of hydrogen-bond acceptors (Lipinski definition) is 4. The molecule has 186 valence electrons. The topological polar surface area (TPSA) is 53.4 Å². The lowest BCUT2D eigenvalue weighted by Crippen LogP contribution is -2.53. The Hall–Kier alpha value is -2.28. The molecule has 0 radical (unpaired) electrons. The highest BCUT2D eigenvalue weighted by Gasteiger charge is 2.30. The number of carbonyl (C=O) groups excluding carboxylic acids is 1. The van der Waals surface area contributed by atoms with Gasteiger partial charge in [-0.2, -0.15) is 5.10 Å². The molecule has 3 aromatic rings. The summed E-state index contributed by atoms with van der Waals surface area (Å²) >= 11 is 12.6. The molecular formula is C27H33Cl2N5O. The molecule has 1 aromatic heterocycles. The van der Waals surface area contributed by atoms with E-state index in [2.05, 4.69) is 40.9 Å². The van der Waals surface area contributed by atoms with Gasteiger partial charge in [0.05, 0.1) is 23.8 Å². The van der Waals surface area contributed by atoms with Gasteiger partial charge < -0.3 is 15.1 Å². The molecule has 35 heavy (non-hydrogen) atoms. The summed E-state index contributed by atoms with van der Waals surface area (Å²) in [6.07, 6.45) is 6.08. The summed E-state index contributed by atoms with van der Waals surface area (Å²) in [5.74, 6) is 0.262. The number of halogens is 2. The lowest BCUT2D eigenvalue weighted by Gasteiger charge is -2.38. The average Bonchev–Trinajstić information content (AvgIpc) is 3.53. The Balaban J connectivity index is 1.42. The quantitative estimate of drug-likeness (QED) is 0.485. The number of aryl methyl sites for hydroxylation is 1. The maximum atomic E-state index is 12.9. The van der Waals surface area contributed by atoms with Gasteiger partial charge in [0.1, 0.15) is 0 Å². The Kier molecular flexibility index (Phi) is 7.24. The number of amides is 1. The fourth-order valence-electron chi connectivity index (χ4n) is 5.46. The van der Waals surface area contributed by atoms with Crippen LogP contribution in [0, 0.1) is 0 Å². The van der Waals surface area contributed by atoms with Gasteiger partial charge in [-0.3, -0.25) is 9.48 Å². The van der Waals surface area contributed by atoms with Gasteiger partial charge in [-0.1, -0.05) is 42.6 Å². The van der Waals surface area contributed by atoms with Crippen LogP contribution in [0.5, 0.6) is 0 Å². The number of anilines is 1. The van der Waals surface area contributed by atoms with Crippen LogP contribution >= 0.6 is 23.2 Å². The molecule has 2 aromatic carbocycles. The summed E-state index contributed by atoms with van der Waals surface area (Å²) in [7, 11) is 0. The van der Waals surface area contributed by atoms with Crippen LogP contribution in [0.25, 0.3) is 10.9 Å². The molecule has 0 bridgehead atoms. The standard InChI is InChI=1S/C27H33Cl2N5O/c1-3-5-19-14-20-17-31-34(18(2)22-8-7-21(28)15-23(22)29)26(20)16-25(19)32-10-12-33(13-11-32)27(35)24-6-4-9-30-24/h7-8,14-18,24,30H,3-6,9-13H2,1-2H3/t18?,24-/m1/s1. The fourth-order valence-corrected chi connectivity index (χ4v) is 6.02. The molecule has 1 unspecified atom stereocenters. The SMILES string of the molecule is CCCc1cc2cnn(C(C)c3ccc(Cl)cc3Cl)c2cc1N1CCN(C(=O)[C@H]2CCCN2)CC1. The van der Waals surface area contributed by atoms with Crippen LogP contribution in [0.4, 0.5) is 5.69 Å². The number of carbonyl (C=O) groups is 1. The summed E-state index contributed by atoms with van der Waals surface area (Å²) in [5.41, 5.74) is 4.68. The van der Waals surface area contributed by atoms with Crippen molar-refractivity contribution < 1.29 is 4.79 Å². The zero-order valence-corrected chi connectivity index (χ0v) is 21.9. The van der Waals surface area contributed by atoms with Crippen molar-refractivity contribution >= 4 is 45.7 Å². The number of piperazine rings is 1. The summed E-state index contributed by atoms with van der Waals surface area (Å²) in [6, 6.07) is 10.2. The van der Waals surface area contributed by atoms with E-state index in [0.717, 1.165) is 74.9 Å². The highest BCUT2D eigenvalue weighted by molar-refractivity contribution is 6.35. The zero-order valence-electron chi connectivity index (χ0n) is 20.4. The minimum Gasteiger partial charge on any atom is -0.368 e. The molecule has 2 aliphatic rings. The Morgan fingerprint density at radius 3 is 2.66 bits per heavy atom. The number of hydrogen-bond donors (Lipinski definition) is 1. The minimum atomic E-state index is -0.0319. The number of nitrogens with zero attached hydrogens (tertiary/aromatic N) is 4. The molecule has 1 N–H and O–H groups in total. The van der Waals surface area contributed by atoms with Crippen LogP contribution in [0.3, 0.4) is 0 Å². The highest BCUT2D eigenvalue weighted by atomic mass is 35.5. The van der Waals surface area contributed by atoms with Gasteiger partial charge in [-0.25, -0.2) is 0 Å². The van der Waals surface area contributed by atoms with E-state index in [9.17, 15) is 4.79 Å². The molecule has 2 saturated heterocycles. The van der Waals surface area contributed by atoms with E-state index < -0.39 is 0 Å². The molecule has 0 saturated carbocycles. The van der Waals surface area contributed by atoms with E-state index in [1.54, 1.807) is 6.07 Å². The molecular weight excluding hydrogens is 481 g/mol. The minimum absolute atomic E-state index is 0.00378. The number of benzene rings is 2. The van der Waals surface area contributed by atoms with Crippen LogP contribution in [0.2, 0.25) is 10.0 Å². The van der Waals surface area contributed by atoms with Gasteiger partial charge >= 0.3 is 0 Å². The molecule has 1 amide bonds. The fraction of sp³-hybridized carbons (Fsp3) is 0.481. The molecule has 3 heterocycles. The zero-order chi connectivity index (χ0) is 24.5. The number of aromatic nitrogens is 2. The molecule has 6 nitrogen and oxygen atoms in total. The average molecular weight is 515 g/mol. The number of fused-ring (bicyclic) bond motifs is 1. The van der Waals surface area contributed by atoms with Crippen molar-refractivity contribution in [1.29, 1.82) is 0 Å². The first kappa shape index (κ1) is 24.4.